The van der Waals surface area contributed by atoms with Crippen LogP contribution in [-0.2, 0) is 38.2 Å². The van der Waals surface area contributed by atoms with Gasteiger partial charge in [0.2, 0.25) is 6.79 Å². The van der Waals surface area contributed by atoms with Gasteiger partial charge >= 0.3 is 12.1 Å². The van der Waals surface area contributed by atoms with E-state index in [0.29, 0.717) is 5.06 Å². The van der Waals surface area contributed by atoms with Crippen LogP contribution in [0.1, 0.15) is 12.8 Å². The topological polar surface area (TPSA) is 118 Å². The Morgan fingerprint density at radius 1 is 1.10 bits per heavy atom. The third kappa shape index (κ3) is 5.20. The molecular formula is C10H13NO9. The fourth-order valence-electron chi connectivity index (χ4n) is 1.15. The predicted molar refractivity (Wildman–Crippen MR) is 57.4 cm³/mol. The van der Waals surface area contributed by atoms with Gasteiger partial charge in [-0.3, -0.25) is 14.4 Å². The van der Waals surface area contributed by atoms with E-state index in [-0.39, 0.29) is 26.2 Å². The van der Waals surface area contributed by atoms with Crippen LogP contribution in [0.4, 0.5) is 4.79 Å². The zero-order chi connectivity index (χ0) is 15.0. The van der Waals surface area contributed by atoms with Crippen LogP contribution in [0.15, 0.2) is 0 Å². The van der Waals surface area contributed by atoms with E-state index in [1.54, 1.807) is 0 Å². The highest BCUT2D eigenvalue weighted by Gasteiger charge is 2.33. The molecule has 0 unspecified atom stereocenters. The highest BCUT2D eigenvalue weighted by atomic mass is 16.9. The highest BCUT2D eigenvalue weighted by molar-refractivity contribution is 6.01. The summed E-state index contributed by atoms with van der Waals surface area (Å²) in [6.45, 7) is -1.20. The van der Waals surface area contributed by atoms with Gasteiger partial charge in [0, 0.05) is 20.0 Å². The Morgan fingerprint density at radius 3 is 2.35 bits per heavy atom. The third-order valence-electron chi connectivity index (χ3n) is 1.99. The molecule has 0 aromatic heterocycles. The van der Waals surface area contributed by atoms with Crippen molar-refractivity contribution in [1.82, 2.24) is 5.06 Å². The average molecular weight is 291 g/mol. The Morgan fingerprint density at radius 2 is 1.75 bits per heavy atom. The van der Waals surface area contributed by atoms with Gasteiger partial charge in [0.1, 0.15) is 13.4 Å². The number of carbonyl (C=O) groups is 4. The number of methoxy groups -OCH3 is 1. The standard InChI is InChI=1S/C10H13NO9/c1-16-5-17-4-9(14)18-6-19-10(15)20-11-7(12)2-3-8(11)13/h2-6H2,1H3. The van der Waals surface area contributed by atoms with Crippen LogP contribution in [0.25, 0.3) is 0 Å². The number of hydrogen-bond donors (Lipinski definition) is 0. The molecule has 10 nitrogen and oxygen atoms in total. The second-order valence-electron chi connectivity index (χ2n) is 3.46. The second kappa shape index (κ2) is 8.07. The van der Waals surface area contributed by atoms with E-state index in [1.807, 2.05) is 0 Å². The molecule has 1 aliphatic rings. The van der Waals surface area contributed by atoms with E-state index in [2.05, 4.69) is 23.8 Å². The number of nitrogens with zero attached hydrogens (tertiary/aromatic N) is 1. The molecule has 112 valence electrons. The summed E-state index contributed by atoms with van der Waals surface area (Å²) in [5.74, 6) is -2.07. The number of esters is 1. The first-order chi connectivity index (χ1) is 9.54. The SMILES string of the molecule is COCOCC(=O)OCOC(=O)ON1C(=O)CCC1=O. The first-order valence-corrected chi connectivity index (χ1v) is 5.47. The molecule has 0 bridgehead atoms. The largest absolute Gasteiger partial charge is 0.536 e. The lowest BCUT2D eigenvalue weighted by Crippen LogP contribution is -2.32. The monoisotopic (exact) mass is 291 g/mol. The summed E-state index contributed by atoms with van der Waals surface area (Å²) in [7, 11) is 1.38. The molecule has 0 aromatic carbocycles. The normalized spacial score (nSPS) is 14.3. The molecule has 1 rings (SSSR count). The molecule has 1 aliphatic heterocycles. The van der Waals surface area contributed by atoms with Crippen molar-refractivity contribution in [2.45, 2.75) is 12.8 Å². The average Bonchev–Trinajstić information content (AvgIpc) is 2.71. The molecule has 0 radical (unpaired) electrons. The minimum Gasteiger partial charge on any atom is -0.426 e. The maximum absolute atomic E-state index is 11.1. The molecule has 1 heterocycles. The van der Waals surface area contributed by atoms with E-state index in [0.717, 1.165) is 0 Å². The van der Waals surface area contributed by atoms with Gasteiger partial charge in [-0.2, -0.15) is 0 Å². The van der Waals surface area contributed by atoms with E-state index in [1.165, 1.54) is 7.11 Å². The van der Waals surface area contributed by atoms with E-state index >= 15 is 0 Å². The van der Waals surface area contributed by atoms with Crippen LogP contribution in [0.5, 0.6) is 0 Å². The lowest BCUT2D eigenvalue weighted by molar-refractivity contribution is -0.183. The Kier molecular flexibility index (Phi) is 6.40. The van der Waals surface area contributed by atoms with Crippen LogP contribution < -0.4 is 0 Å². The first-order valence-electron chi connectivity index (χ1n) is 5.47. The lowest BCUT2D eigenvalue weighted by atomic mass is 10.4. The molecule has 0 spiro atoms. The smallest absolute Gasteiger partial charge is 0.426 e. The fourth-order valence-corrected chi connectivity index (χ4v) is 1.15. The molecule has 0 atom stereocenters. The molecule has 2 amide bonds. The summed E-state index contributed by atoms with van der Waals surface area (Å²) in [5.41, 5.74) is 0. The summed E-state index contributed by atoms with van der Waals surface area (Å²) in [5, 5.41) is 0.311. The van der Waals surface area contributed by atoms with E-state index in [4.69, 9.17) is 0 Å². The number of imide groups is 1. The van der Waals surface area contributed by atoms with Crippen molar-refractivity contribution in [2.24, 2.45) is 0 Å². The zero-order valence-electron chi connectivity index (χ0n) is 10.7. The minimum atomic E-state index is -1.33. The van der Waals surface area contributed by atoms with E-state index < -0.39 is 30.7 Å². The summed E-state index contributed by atoms with van der Waals surface area (Å²) < 4.78 is 18.0. The second-order valence-corrected chi connectivity index (χ2v) is 3.46. The maximum atomic E-state index is 11.1. The Balaban J connectivity index is 2.15. The van der Waals surface area contributed by atoms with Crippen molar-refractivity contribution in [2.75, 3.05) is 27.3 Å². The van der Waals surface area contributed by atoms with Crippen LogP contribution in [0, 0.1) is 0 Å². The first kappa shape index (κ1) is 15.9. The van der Waals surface area contributed by atoms with Gasteiger partial charge in [-0.15, -0.1) is 0 Å². The van der Waals surface area contributed by atoms with Crippen molar-refractivity contribution < 1.29 is 43.0 Å². The Hall–Kier alpha value is -2.20. The molecule has 0 aromatic rings. The number of hydrogen-bond acceptors (Lipinski definition) is 9. The van der Waals surface area contributed by atoms with Crippen LogP contribution in [0.2, 0.25) is 0 Å². The number of hydroxylamine groups is 2. The van der Waals surface area contributed by atoms with Crippen molar-refractivity contribution >= 4 is 23.9 Å². The molecule has 0 N–H and O–H groups in total. The summed E-state index contributed by atoms with van der Waals surface area (Å²) in [6.07, 6.45) is -1.39. The van der Waals surface area contributed by atoms with Gasteiger partial charge in [0.15, 0.2) is 0 Å². The minimum absolute atomic E-state index is 0.0298. The van der Waals surface area contributed by atoms with Crippen molar-refractivity contribution in [3.05, 3.63) is 0 Å². The maximum Gasteiger partial charge on any atom is 0.536 e. The van der Waals surface area contributed by atoms with Gasteiger partial charge in [-0.25, -0.2) is 9.59 Å². The van der Waals surface area contributed by atoms with Gasteiger partial charge in [-0.05, 0) is 0 Å². The van der Waals surface area contributed by atoms with Crippen LogP contribution >= 0.6 is 0 Å². The highest BCUT2D eigenvalue weighted by Crippen LogP contribution is 2.12. The Labute approximate surface area is 113 Å². The Bertz CT molecular complexity index is 378. The molecule has 20 heavy (non-hydrogen) atoms. The fraction of sp³-hybridized carbons (Fsp3) is 0.600. The van der Waals surface area contributed by atoms with Gasteiger partial charge < -0.3 is 18.9 Å². The molecule has 10 heteroatoms. The van der Waals surface area contributed by atoms with Crippen molar-refractivity contribution in [3.8, 4) is 0 Å². The lowest BCUT2D eigenvalue weighted by Gasteiger charge is -2.12. The molecule has 1 fully saturated rings. The number of ether oxygens (including phenoxy) is 4. The summed E-state index contributed by atoms with van der Waals surface area (Å²) in [4.78, 5) is 48.7. The van der Waals surface area contributed by atoms with Gasteiger partial charge in [0.25, 0.3) is 11.8 Å². The molecule has 0 aliphatic carbocycles. The molecule has 0 saturated carbocycles. The third-order valence-corrected chi connectivity index (χ3v) is 1.99. The van der Waals surface area contributed by atoms with Crippen molar-refractivity contribution in [1.29, 1.82) is 0 Å². The van der Waals surface area contributed by atoms with E-state index in [9.17, 15) is 19.2 Å². The van der Waals surface area contributed by atoms with Crippen molar-refractivity contribution in [3.63, 3.8) is 0 Å². The zero-order valence-corrected chi connectivity index (χ0v) is 10.7. The quantitative estimate of drug-likeness (QED) is 0.260. The number of carbonyl (C=O) groups excluding carboxylic acids is 4. The molecule has 1 saturated heterocycles. The van der Waals surface area contributed by atoms with Crippen LogP contribution in [0.3, 0.4) is 0 Å². The number of rotatable bonds is 7. The van der Waals surface area contributed by atoms with Crippen LogP contribution in [-0.4, -0.2) is 56.3 Å². The molecular weight excluding hydrogens is 278 g/mol. The van der Waals surface area contributed by atoms with Gasteiger partial charge in [-0.1, -0.05) is 5.06 Å². The predicted octanol–water partition coefficient (Wildman–Crippen LogP) is -0.675. The summed E-state index contributed by atoms with van der Waals surface area (Å²) in [6, 6.07) is 0. The van der Waals surface area contributed by atoms with Gasteiger partial charge in [0.05, 0.1) is 0 Å². The summed E-state index contributed by atoms with van der Waals surface area (Å²) >= 11 is 0. The number of amides is 2.